The minimum absolute atomic E-state index is 0.160. The van der Waals surface area contributed by atoms with Gasteiger partial charge in [-0.1, -0.05) is 30.1 Å². The van der Waals surface area contributed by atoms with Crippen molar-refractivity contribution in [3.8, 4) is 0 Å². The fourth-order valence-electron chi connectivity index (χ4n) is 1.49. The molecule has 0 saturated carbocycles. The first-order valence-electron chi connectivity index (χ1n) is 5.93. The Bertz CT molecular complexity index is 656. The molecular formula is C12H15Cl2NO5S. The van der Waals surface area contributed by atoms with Crippen LogP contribution in [-0.4, -0.2) is 36.7 Å². The molecule has 0 spiro atoms. The molecule has 3 N–H and O–H groups in total. The van der Waals surface area contributed by atoms with E-state index in [-0.39, 0.29) is 15.6 Å². The number of carboxylic acids is 1. The summed E-state index contributed by atoms with van der Waals surface area (Å²) in [6.45, 7) is 2.80. The van der Waals surface area contributed by atoms with Crippen LogP contribution in [0.2, 0.25) is 10.0 Å². The Morgan fingerprint density at radius 2 is 1.90 bits per heavy atom. The maximum atomic E-state index is 12.3. The number of aliphatic hydroxyl groups excluding tert-OH is 1. The third kappa shape index (κ3) is 4.08. The number of carboxylic acid groups (broad SMARTS) is 1. The average Bonchev–Trinajstić information content (AvgIpc) is 2.37. The summed E-state index contributed by atoms with van der Waals surface area (Å²) < 4.78 is 27.0. The lowest BCUT2D eigenvalue weighted by Crippen LogP contribution is -2.48. The van der Waals surface area contributed by atoms with Gasteiger partial charge in [-0.05, 0) is 25.5 Å². The summed E-state index contributed by atoms with van der Waals surface area (Å²) in [5.74, 6) is -1.37. The van der Waals surface area contributed by atoms with E-state index in [4.69, 9.17) is 28.3 Å². The molecule has 0 bridgehead atoms. The number of benzene rings is 1. The van der Waals surface area contributed by atoms with Crippen LogP contribution in [0.25, 0.3) is 0 Å². The van der Waals surface area contributed by atoms with E-state index in [1.54, 1.807) is 6.92 Å². The lowest BCUT2D eigenvalue weighted by Gasteiger charge is -2.27. The molecule has 1 atom stereocenters. The summed E-state index contributed by atoms with van der Waals surface area (Å²) in [4.78, 5) is 10.6. The number of sulfonamides is 1. The number of hydrogen-bond donors (Lipinski definition) is 3. The summed E-state index contributed by atoms with van der Waals surface area (Å²) >= 11 is 11.6. The molecular weight excluding hydrogens is 341 g/mol. The number of aliphatic hydroxyl groups is 1. The van der Waals surface area contributed by atoms with E-state index < -0.39 is 33.0 Å². The second kappa shape index (κ2) is 6.50. The topological polar surface area (TPSA) is 104 Å². The zero-order valence-corrected chi connectivity index (χ0v) is 13.7. The van der Waals surface area contributed by atoms with Gasteiger partial charge in [0.2, 0.25) is 10.0 Å². The van der Waals surface area contributed by atoms with Gasteiger partial charge in [0.05, 0.1) is 27.8 Å². The van der Waals surface area contributed by atoms with Crippen LogP contribution in [0.5, 0.6) is 0 Å². The second-order valence-corrected chi connectivity index (χ2v) is 7.21. The Kier molecular flexibility index (Phi) is 5.63. The van der Waals surface area contributed by atoms with E-state index in [1.165, 1.54) is 6.92 Å². The largest absolute Gasteiger partial charge is 0.478 e. The quantitative estimate of drug-likeness (QED) is 0.724. The third-order valence-electron chi connectivity index (χ3n) is 3.05. The van der Waals surface area contributed by atoms with Crippen molar-refractivity contribution >= 4 is 39.2 Å². The van der Waals surface area contributed by atoms with Gasteiger partial charge in [-0.2, -0.15) is 0 Å². The molecule has 0 fully saturated rings. The lowest BCUT2D eigenvalue weighted by molar-refractivity contribution is 0.0697. The standard InChI is InChI=1S/C12H15Cl2NO5S/c1-3-12(2,6-16)15-21(19,20)10-4-7(11(17)18)8(13)5-9(10)14/h4-5,15-16H,3,6H2,1-2H3,(H,17,18). The van der Waals surface area contributed by atoms with Crippen LogP contribution in [-0.2, 0) is 10.0 Å². The van der Waals surface area contributed by atoms with Gasteiger partial charge in [0.1, 0.15) is 4.90 Å². The molecule has 0 saturated heterocycles. The SMILES string of the molecule is CCC(C)(CO)NS(=O)(=O)c1cc(C(=O)O)c(Cl)cc1Cl. The molecule has 1 rings (SSSR count). The van der Waals surface area contributed by atoms with Crippen molar-refractivity contribution < 1.29 is 23.4 Å². The first-order valence-corrected chi connectivity index (χ1v) is 8.17. The zero-order valence-electron chi connectivity index (χ0n) is 11.4. The van der Waals surface area contributed by atoms with Crippen LogP contribution in [0, 0.1) is 0 Å². The second-order valence-electron chi connectivity index (χ2n) is 4.75. The van der Waals surface area contributed by atoms with E-state index in [1.807, 2.05) is 0 Å². The zero-order chi connectivity index (χ0) is 16.4. The predicted molar refractivity (Wildman–Crippen MR) is 79.5 cm³/mol. The van der Waals surface area contributed by atoms with Crippen LogP contribution in [0.15, 0.2) is 17.0 Å². The third-order valence-corrected chi connectivity index (χ3v) is 5.47. The van der Waals surface area contributed by atoms with Crippen molar-refractivity contribution in [3.63, 3.8) is 0 Å². The van der Waals surface area contributed by atoms with E-state index >= 15 is 0 Å². The van der Waals surface area contributed by atoms with Crippen LogP contribution in [0.4, 0.5) is 0 Å². The number of rotatable bonds is 6. The van der Waals surface area contributed by atoms with Gasteiger partial charge in [0.15, 0.2) is 0 Å². The molecule has 0 aromatic heterocycles. The van der Waals surface area contributed by atoms with Gasteiger partial charge in [-0.3, -0.25) is 0 Å². The average molecular weight is 356 g/mol. The highest BCUT2D eigenvalue weighted by Crippen LogP contribution is 2.29. The van der Waals surface area contributed by atoms with Gasteiger partial charge < -0.3 is 10.2 Å². The molecule has 0 aliphatic rings. The molecule has 0 aliphatic carbocycles. The summed E-state index contributed by atoms with van der Waals surface area (Å²) in [5, 5.41) is 17.9. The molecule has 21 heavy (non-hydrogen) atoms. The van der Waals surface area contributed by atoms with Crippen LogP contribution in [0.3, 0.4) is 0 Å². The van der Waals surface area contributed by atoms with E-state index in [0.717, 1.165) is 12.1 Å². The van der Waals surface area contributed by atoms with Crippen LogP contribution >= 0.6 is 23.2 Å². The lowest BCUT2D eigenvalue weighted by atomic mass is 10.0. The summed E-state index contributed by atoms with van der Waals surface area (Å²) in [6.07, 6.45) is 0.333. The molecule has 6 nitrogen and oxygen atoms in total. The van der Waals surface area contributed by atoms with E-state index in [9.17, 15) is 18.3 Å². The fourth-order valence-corrected chi connectivity index (χ4v) is 3.82. The van der Waals surface area contributed by atoms with Crippen molar-refractivity contribution in [1.29, 1.82) is 0 Å². The van der Waals surface area contributed by atoms with E-state index in [0.29, 0.717) is 6.42 Å². The van der Waals surface area contributed by atoms with Gasteiger partial charge in [-0.25, -0.2) is 17.9 Å². The minimum atomic E-state index is -4.11. The summed E-state index contributed by atoms with van der Waals surface area (Å²) in [5.41, 5.74) is -1.45. The van der Waals surface area contributed by atoms with Gasteiger partial charge in [0.25, 0.3) is 0 Å². The fraction of sp³-hybridized carbons (Fsp3) is 0.417. The molecule has 0 radical (unpaired) electrons. The maximum absolute atomic E-state index is 12.3. The molecule has 118 valence electrons. The molecule has 0 aliphatic heterocycles. The number of halogens is 2. The monoisotopic (exact) mass is 355 g/mol. The summed E-state index contributed by atoms with van der Waals surface area (Å²) in [6, 6.07) is 1.95. The van der Waals surface area contributed by atoms with Crippen molar-refractivity contribution in [1.82, 2.24) is 4.72 Å². The van der Waals surface area contributed by atoms with Crippen LogP contribution in [0.1, 0.15) is 30.6 Å². The first kappa shape index (κ1) is 18.2. The number of nitrogens with one attached hydrogen (secondary N) is 1. The van der Waals surface area contributed by atoms with Crippen LogP contribution < -0.4 is 4.72 Å². The highest BCUT2D eigenvalue weighted by Gasteiger charge is 2.30. The molecule has 0 amide bonds. The van der Waals surface area contributed by atoms with Gasteiger partial charge >= 0.3 is 5.97 Å². The smallest absolute Gasteiger partial charge is 0.337 e. The maximum Gasteiger partial charge on any atom is 0.337 e. The molecule has 0 heterocycles. The highest BCUT2D eigenvalue weighted by atomic mass is 35.5. The number of aromatic carboxylic acids is 1. The molecule has 9 heteroatoms. The van der Waals surface area contributed by atoms with Crippen molar-refractivity contribution in [3.05, 3.63) is 27.7 Å². The van der Waals surface area contributed by atoms with Gasteiger partial charge in [-0.15, -0.1) is 0 Å². The first-order chi connectivity index (χ1) is 9.56. The number of hydrogen-bond acceptors (Lipinski definition) is 4. The Morgan fingerprint density at radius 3 is 2.33 bits per heavy atom. The predicted octanol–water partition coefficient (Wildman–Crippen LogP) is 2.13. The Balaban J connectivity index is 3.39. The normalized spacial score (nSPS) is 14.7. The van der Waals surface area contributed by atoms with Gasteiger partial charge in [0, 0.05) is 0 Å². The van der Waals surface area contributed by atoms with Crippen molar-refractivity contribution in [2.75, 3.05) is 6.61 Å². The number of carbonyl (C=O) groups is 1. The molecule has 1 aromatic rings. The Hall–Kier alpha value is -0.860. The summed E-state index contributed by atoms with van der Waals surface area (Å²) in [7, 11) is -4.11. The Labute approximate surface area is 132 Å². The Morgan fingerprint density at radius 1 is 1.33 bits per heavy atom. The highest BCUT2D eigenvalue weighted by molar-refractivity contribution is 7.89. The molecule has 1 unspecified atom stereocenters. The van der Waals surface area contributed by atoms with Crippen molar-refractivity contribution in [2.24, 2.45) is 0 Å². The molecule has 1 aromatic carbocycles. The van der Waals surface area contributed by atoms with Crippen molar-refractivity contribution in [2.45, 2.75) is 30.7 Å². The minimum Gasteiger partial charge on any atom is -0.478 e. The van der Waals surface area contributed by atoms with E-state index in [2.05, 4.69) is 4.72 Å².